The summed E-state index contributed by atoms with van der Waals surface area (Å²) in [6.45, 7) is 10.4. The van der Waals surface area contributed by atoms with Gasteiger partial charge in [-0.3, -0.25) is 24.5 Å². The van der Waals surface area contributed by atoms with Crippen molar-refractivity contribution in [1.82, 2.24) is 15.5 Å². The summed E-state index contributed by atoms with van der Waals surface area (Å²) in [5, 5.41) is 13.9. The van der Waals surface area contributed by atoms with Crippen molar-refractivity contribution in [2.45, 2.75) is 72.1 Å². The molecule has 2 rings (SSSR count). The molecular formula is C22H31FN4O4. The molecule has 2 unspecified atom stereocenters. The Labute approximate surface area is 182 Å². The van der Waals surface area contributed by atoms with E-state index in [2.05, 4.69) is 5.32 Å². The van der Waals surface area contributed by atoms with Crippen molar-refractivity contribution in [2.75, 3.05) is 6.54 Å². The smallest absolute Gasteiger partial charge is 0.265 e. The van der Waals surface area contributed by atoms with Crippen LogP contribution in [0, 0.1) is 28.6 Å². The summed E-state index contributed by atoms with van der Waals surface area (Å²) in [5.74, 6) is -1.98. The maximum Gasteiger partial charge on any atom is 0.265 e. The quantitative estimate of drug-likeness (QED) is 0.616. The lowest BCUT2D eigenvalue weighted by molar-refractivity contribution is -0.140. The van der Waals surface area contributed by atoms with Crippen molar-refractivity contribution in [3.63, 3.8) is 0 Å². The Morgan fingerprint density at radius 1 is 1.35 bits per heavy atom. The highest BCUT2D eigenvalue weighted by atomic mass is 19.1. The lowest BCUT2D eigenvalue weighted by Gasteiger charge is -2.28. The molecular weight excluding hydrogens is 403 g/mol. The fraction of sp³-hybridized carbons (Fsp3) is 0.682. The number of likely N-dealkylation sites (tertiary alicyclic amines) is 1. The zero-order valence-corrected chi connectivity index (χ0v) is 18.7. The molecule has 0 aromatic heterocycles. The van der Waals surface area contributed by atoms with Crippen molar-refractivity contribution in [3.05, 3.63) is 11.6 Å². The predicted octanol–water partition coefficient (Wildman–Crippen LogP) is 1.62. The highest BCUT2D eigenvalue weighted by molar-refractivity contribution is 6.09. The van der Waals surface area contributed by atoms with Gasteiger partial charge in [-0.25, -0.2) is 4.39 Å². The van der Waals surface area contributed by atoms with Crippen LogP contribution in [-0.2, 0) is 19.2 Å². The molecule has 2 aliphatic rings. The van der Waals surface area contributed by atoms with Gasteiger partial charge in [0.25, 0.3) is 11.8 Å². The molecule has 2 N–H and O–H groups in total. The average Bonchev–Trinajstić information content (AvgIpc) is 3.10. The van der Waals surface area contributed by atoms with Crippen LogP contribution in [0.25, 0.3) is 0 Å². The van der Waals surface area contributed by atoms with Gasteiger partial charge in [0.05, 0.1) is 6.07 Å². The largest absolute Gasteiger partial charge is 0.338 e. The van der Waals surface area contributed by atoms with Gasteiger partial charge in [-0.05, 0) is 29.7 Å². The van der Waals surface area contributed by atoms with Crippen molar-refractivity contribution in [3.8, 4) is 6.07 Å². The van der Waals surface area contributed by atoms with Gasteiger partial charge in [-0.1, -0.05) is 34.6 Å². The van der Waals surface area contributed by atoms with Crippen molar-refractivity contribution in [1.29, 1.82) is 5.26 Å². The molecule has 0 spiro atoms. The van der Waals surface area contributed by atoms with Crippen LogP contribution in [0.4, 0.5) is 4.39 Å². The Bertz CT molecular complexity index is 824. The van der Waals surface area contributed by atoms with Crippen LogP contribution in [0.1, 0.15) is 53.9 Å². The van der Waals surface area contributed by atoms with E-state index in [1.54, 1.807) is 4.90 Å². The van der Waals surface area contributed by atoms with Crippen LogP contribution in [0.3, 0.4) is 0 Å². The Hall–Kier alpha value is -2.76. The summed E-state index contributed by atoms with van der Waals surface area (Å²) in [6, 6.07) is 0.102. The minimum atomic E-state index is -1.98. The van der Waals surface area contributed by atoms with E-state index >= 15 is 0 Å². The minimum Gasteiger partial charge on any atom is -0.338 e. The molecule has 9 heteroatoms. The van der Waals surface area contributed by atoms with Gasteiger partial charge in [0.1, 0.15) is 12.1 Å². The van der Waals surface area contributed by atoms with Crippen LogP contribution < -0.4 is 10.6 Å². The van der Waals surface area contributed by atoms with E-state index in [4.69, 9.17) is 0 Å². The maximum atomic E-state index is 13.6. The van der Waals surface area contributed by atoms with Gasteiger partial charge >= 0.3 is 0 Å². The summed E-state index contributed by atoms with van der Waals surface area (Å²) < 4.78 is 13.6. The van der Waals surface area contributed by atoms with Crippen molar-refractivity contribution in [2.24, 2.45) is 17.3 Å². The van der Waals surface area contributed by atoms with Crippen molar-refractivity contribution >= 4 is 23.6 Å². The predicted molar refractivity (Wildman–Crippen MR) is 111 cm³/mol. The number of hydrogen-bond acceptors (Lipinski definition) is 5. The van der Waals surface area contributed by atoms with Gasteiger partial charge in [-0.2, -0.15) is 5.26 Å². The van der Waals surface area contributed by atoms with E-state index in [0.29, 0.717) is 19.4 Å². The van der Waals surface area contributed by atoms with E-state index in [-0.39, 0.29) is 35.2 Å². The fourth-order valence-corrected chi connectivity index (χ4v) is 3.80. The van der Waals surface area contributed by atoms with Gasteiger partial charge in [0.2, 0.25) is 11.8 Å². The van der Waals surface area contributed by atoms with Crippen LogP contribution in [0.5, 0.6) is 0 Å². The second-order valence-electron chi connectivity index (χ2n) is 9.85. The number of nitriles is 1. The normalized spacial score (nSPS) is 25.0. The number of carbonyl (C=O) groups excluding carboxylic acids is 4. The first-order chi connectivity index (χ1) is 14.3. The third-order valence-electron chi connectivity index (χ3n) is 5.60. The third kappa shape index (κ3) is 6.36. The maximum absolute atomic E-state index is 13.6. The number of amides is 4. The topological polar surface area (TPSA) is 119 Å². The molecule has 0 aromatic rings. The highest BCUT2D eigenvalue weighted by Gasteiger charge is 2.41. The first-order valence-corrected chi connectivity index (χ1v) is 10.5. The SMILES string of the molecule is CC(C)[C@@H]1C[C@@H](C(=O)NC(C#N)CC2=CC(F)C(=O)NC2=O)N(C(=O)CC(C)(C)C)C1. The van der Waals surface area contributed by atoms with E-state index in [1.165, 1.54) is 0 Å². The van der Waals surface area contributed by atoms with Gasteiger partial charge in [0, 0.05) is 25.0 Å². The summed E-state index contributed by atoms with van der Waals surface area (Å²) in [7, 11) is 0. The summed E-state index contributed by atoms with van der Waals surface area (Å²) in [6.07, 6.45) is -0.571. The van der Waals surface area contributed by atoms with Gasteiger partial charge in [0.15, 0.2) is 6.17 Å². The highest BCUT2D eigenvalue weighted by Crippen LogP contribution is 2.31. The molecule has 1 fully saturated rings. The first-order valence-electron chi connectivity index (χ1n) is 10.5. The molecule has 0 bridgehead atoms. The molecule has 4 atom stereocenters. The molecule has 8 nitrogen and oxygen atoms in total. The van der Waals surface area contributed by atoms with Crippen LogP contribution in [0.15, 0.2) is 11.6 Å². The zero-order chi connectivity index (χ0) is 23.5. The van der Waals surface area contributed by atoms with E-state index in [1.807, 2.05) is 46.0 Å². The monoisotopic (exact) mass is 434 g/mol. The number of nitrogens with zero attached hydrogens (tertiary/aromatic N) is 2. The number of hydrogen-bond donors (Lipinski definition) is 2. The Kier molecular flexibility index (Phi) is 7.58. The summed E-state index contributed by atoms with van der Waals surface area (Å²) in [5.41, 5.74) is -0.309. The zero-order valence-electron chi connectivity index (χ0n) is 18.7. The number of halogens is 1. The molecule has 0 radical (unpaired) electrons. The fourth-order valence-electron chi connectivity index (χ4n) is 3.80. The molecule has 1 saturated heterocycles. The van der Waals surface area contributed by atoms with Crippen LogP contribution in [-0.4, -0.2) is 53.3 Å². The summed E-state index contributed by atoms with van der Waals surface area (Å²) >= 11 is 0. The second kappa shape index (κ2) is 9.58. The number of carbonyl (C=O) groups is 4. The van der Waals surface area contributed by atoms with Gasteiger partial charge < -0.3 is 10.2 Å². The third-order valence-corrected chi connectivity index (χ3v) is 5.60. The number of nitrogens with one attached hydrogen (secondary N) is 2. The lowest BCUT2D eigenvalue weighted by Crippen LogP contribution is -2.49. The molecule has 0 aromatic carbocycles. The Morgan fingerprint density at radius 3 is 2.55 bits per heavy atom. The molecule has 170 valence electrons. The van der Waals surface area contributed by atoms with Crippen molar-refractivity contribution < 1.29 is 23.6 Å². The van der Waals surface area contributed by atoms with Crippen LogP contribution >= 0.6 is 0 Å². The second-order valence-corrected chi connectivity index (χ2v) is 9.85. The molecule has 0 aliphatic carbocycles. The summed E-state index contributed by atoms with van der Waals surface area (Å²) in [4.78, 5) is 50.6. The number of rotatable bonds is 6. The lowest BCUT2D eigenvalue weighted by atomic mass is 9.91. The van der Waals surface area contributed by atoms with Gasteiger partial charge in [-0.15, -0.1) is 0 Å². The minimum absolute atomic E-state index is 0.0777. The Balaban J connectivity index is 2.13. The van der Waals surface area contributed by atoms with E-state index in [0.717, 1.165) is 6.08 Å². The van der Waals surface area contributed by atoms with E-state index in [9.17, 15) is 28.8 Å². The molecule has 0 saturated carbocycles. The Morgan fingerprint density at radius 2 is 2.00 bits per heavy atom. The molecule has 2 heterocycles. The van der Waals surface area contributed by atoms with Crippen LogP contribution in [0.2, 0.25) is 0 Å². The average molecular weight is 435 g/mol. The molecule has 31 heavy (non-hydrogen) atoms. The molecule has 2 aliphatic heterocycles. The number of imide groups is 1. The van der Waals surface area contributed by atoms with E-state index < -0.39 is 36.0 Å². The molecule has 4 amide bonds. The number of alkyl halides is 1. The first kappa shape index (κ1) is 24.5. The standard InChI is InChI=1S/C22H31FN4O4/c1-12(2)14-8-17(27(11-14)18(28)9-22(3,4)5)21(31)25-15(10-24)6-13-7-16(23)20(30)26-19(13)29/h7,12,14-17H,6,8-9,11H2,1-5H3,(H,25,31)(H,26,29,30)/t14-,15?,16?,17+/m1/s1.